The average molecular weight is 411 g/mol. The van der Waals surface area contributed by atoms with Gasteiger partial charge in [0.05, 0.1) is 10.6 Å². The van der Waals surface area contributed by atoms with Gasteiger partial charge in [-0.05, 0) is 59.4 Å². The summed E-state index contributed by atoms with van der Waals surface area (Å²) in [7, 11) is -3.78. The Kier molecular flexibility index (Phi) is 5.46. The van der Waals surface area contributed by atoms with Crippen molar-refractivity contribution in [2.75, 3.05) is 18.4 Å². The molecule has 8 nitrogen and oxygen atoms in total. The summed E-state index contributed by atoms with van der Waals surface area (Å²) in [6, 6.07) is 4.14. The summed E-state index contributed by atoms with van der Waals surface area (Å²) in [5, 5.41) is 18.2. The minimum atomic E-state index is -3.78. The van der Waals surface area contributed by atoms with Crippen LogP contribution in [0.1, 0.15) is 53.4 Å². The normalized spacial score (nSPS) is 22.9. The molecule has 0 radical (unpaired) electrons. The van der Waals surface area contributed by atoms with Crippen molar-refractivity contribution in [3.8, 4) is 0 Å². The lowest BCUT2D eigenvalue weighted by atomic mass is 9.79. The lowest BCUT2D eigenvalue weighted by Gasteiger charge is -2.47. The molecular weight excluding hydrogens is 380 g/mol. The van der Waals surface area contributed by atoms with Crippen LogP contribution in [0.3, 0.4) is 0 Å². The maximum Gasteiger partial charge on any atom is 0.270 e. The molecule has 2 aliphatic heterocycles. The first-order valence-corrected chi connectivity index (χ1v) is 11.2. The average Bonchev–Trinajstić information content (AvgIpc) is 3.07. The highest BCUT2D eigenvalue weighted by Crippen LogP contribution is 2.35. The van der Waals surface area contributed by atoms with Crippen LogP contribution in [0, 0.1) is 10.1 Å². The van der Waals surface area contributed by atoms with Crippen LogP contribution in [0.5, 0.6) is 0 Å². The minimum Gasteiger partial charge on any atom is -0.381 e. The Morgan fingerprint density at radius 2 is 1.71 bits per heavy atom. The van der Waals surface area contributed by atoms with Crippen molar-refractivity contribution in [3.63, 3.8) is 0 Å². The predicted octanol–water partition coefficient (Wildman–Crippen LogP) is 3.10. The monoisotopic (exact) mass is 410 g/mol. The Morgan fingerprint density at radius 1 is 1.14 bits per heavy atom. The Hall–Kier alpha value is -1.71. The SMILES string of the molecule is CC1(C)CC(Nc2ccc([N+](=O)[O-])cc2S(=O)(=O)N2CCCC2)CC(C)(C)N1. The van der Waals surface area contributed by atoms with E-state index >= 15 is 0 Å². The largest absolute Gasteiger partial charge is 0.381 e. The first-order chi connectivity index (χ1) is 12.9. The van der Waals surface area contributed by atoms with E-state index < -0.39 is 14.9 Å². The lowest BCUT2D eigenvalue weighted by molar-refractivity contribution is -0.385. The maximum absolute atomic E-state index is 13.2. The number of piperidine rings is 1. The molecule has 2 fully saturated rings. The van der Waals surface area contributed by atoms with Gasteiger partial charge in [0.1, 0.15) is 4.90 Å². The standard InChI is InChI=1S/C19H30N4O4S/c1-18(2)12-14(13-19(3,4)21-18)20-16-8-7-15(23(24)25)11-17(16)28(26,27)22-9-5-6-10-22/h7-8,11,14,20-21H,5-6,9-10,12-13H2,1-4H3. The van der Waals surface area contributed by atoms with Crippen LogP contribution >= 0.6 is 0 Å². The van der Waals surface area contributed by atoms with E-state index in [0.717, 1.165) is 25.7 Å². The summed E-state index contributed by atoms with van der Waals surface area (Å²) in [6.45, 7) is 9.41. The number of nitrogens with one attached hydrogen (secondary N) is 2. The Balaban J connectivity index is 1.97. The number of hydrogen-bond donors (Lipinski definition) is 2. The van der Waals surface area contributed by atoms with Gasteiger partial charge in [-0.2, -0.15) is 4.31 Å². The van der Waals surface area contributed by atoms with E-state index in [1.54, 1.807) is 0 Å². The zero-order chi connectivity index (χ0) is 20.7. The fraction of sp³-hybridized carbons (Fsp3) is 0.684. The first kappa shape index (κ1) is 21.0. The molecule has 9 heteroatoms. The van der Waals surface area contributed by atoms with Gasteiger partial charge in [0, 0.05) is 42.3 Å². The third-order valence-electron chi connectivity index (χ3n) is 5.41. The third kappa shape index (κ3) is 4.47. The van der Waals surface area contributed by atoms with Gasteiger partial charge in [0.25, 0.3) is 5.69 Å². The first-order valence-electron chi connectivity index (χ1n) is 9.74. The number of non-ortho nitro benzene ring substituents is 1. The van der Waals surface area contributed by atoms with Gasteiger partial charge >= 0.3 is 0 Å². The van der Waals surface area contributed by atoms with Crippen molar-refractivity contribution in [3.05, 3.63) is 28.3 Å². The van der Waals surface area contributed by atoms with E-state index in [0.29, 0.717) is 18.8 Å². The Bertz CT molecular complexity index is 845. The quantitative estimate of drug-likeness (QED) is 0.571. The van der Waals surface area contributed by atoms with Crippen LogP contribution in [0.4, 0.5) is 11.4 Å². The van der Waals surface area contributed by atoms with E-state index in [1.807, 2.05) is 0 Å². The van der Waals surface area contributed by atoms with Gasteiger partial charge in [-0.25, -0.2) is 8.42 Å². The topological polar surface area (TPSA) is 105 Å². The van der Waals surface area contributed by atoms with Gasteiger partial charge in [-0.3, -0.25) is 10.1 Å². The summed E-state index contributed by atoms with van der Waals surface area (Å²) >= 11 is 0. The highest BCUT2D eigenvalue weighted by atomic mass is 32.2. The zero-order valence-corrected chi connectivity index (χ0v) is 17.8. The fourth-order valence-corrected chi connectivity index (χ4v) is 6.36. The summed E-state index contributed by atoms with van der Waals surface area (Å²) < 4.78 is 27.8. The molecule has 2 saturated heterocycles. The number of benzene rings is 1. The summed E-state index contributed by atoms with van der Waals surface area (Å²) in [5.41, 5.74) is 0.0211. The highest BCUT2D eigenvalue weighted by molar-refractivity contribution is 7.89. The Morgan fingerprint density at radius 3 is 2.25 bits per heavy atom. The number of sulfonamides is 1. The third-order valence-corrected chi connectivity index (χ3v) is 7.35. The molecule has 28 heavy (non-hydrogen) atoms. The van der Waals surface area contributed by atoms with Crippen molar-refractivity contribution >= 4 is 21.4 Å². The van der Waals surface area contributed by atoms with Crippen molar-refractivity contribution in [2.45, 2.75) is 75.4 Å². The molecule has 0 saturated carbocycles. The highest BCUT2D eigenvalue weighted by Gasteiger charge is 2.38. The van der Waals surface area contributed by atoms with Crippen LogP contribution in [0.2, 0.25) is 0 Å². The van der Waals surface area contributed by atoms with Crippen molar-refractivity contribution < 1.29 is 13.3 Å². The summed E-state index contributed by atoms with van der Waals surface area (Å²) in [6.07, 6.45) is 3.26. The van der Waals surface area contributed by atoms with Crippen molar-refractivity contribution in [2.24, 2.45) is 0 Å². The number of nitro groups is 1. The predicted molar refractivity (Wildman–Crippen MR) is 109 cm³/mol. The van der Waals surface area contributed by atoms with E-state index in [9.17, 15) is 18.5 Å². The van der Waals surface area contributed by atoms with Crippen molar-refractivity contribution in [1.82, 2.24) is 9.62 Å². The molecule has 2 heterocycles. The van der Waals surface area contributed by atoms with Crippen LogP contribution in [-0.2, 0) is 10.0 Å². The Labute approximate surface area is 166 Å². The molecule has 156 valence electrons. The molecule has 2 aliphatic rings. The number of rotatable bonds is 5. The molecule has 0 amide bonds. The molecule has 1 aromatic rings. The van der Waals surface area contributed by atoms with Gasteiger partial charge in [-0.15, -0.1) is 0 Å². The van der Waals surface area contributed by atoms with Crippen LogP contribution in [-0.4, -0.2) is 47.9 Å². The molecule has 2 N–H and O–H groups in total. The van der Waals surface area contributed by atoms with E-state index in [1.165, 1.54) is 22.5 Å². The van der Waals surface area contributed by atoms with Crippen molar-refractivity contribution in [1.29, 1.82) is 0 Å². The zero-order valence-electron chi connectivity index (χ0n) is 17.0. The summed E-state index contributed by atoms with van der Waals surface area (Å²) in [5.74, 6) is 0. The molecule has 0 spiro atoms. The number of nitro benzene ring substituents is 1. The van der Waals surface area contributed by atoms with Gasteiger partial charge in [0.15, 0.2) is 0 Å². The molecule has 0 atom stereocenters. The van der Waals surface area contributed by atoms with Gasteiger partial charge in [0.2, 0.25) is 10.0 Å². The minimum absolute atomic E-state index is 0.00209. The summed E-state index contributed by atoms with van der Waals surface area (Å²) in [4.78, 5) is 10.7. The number of nitrogens with zero attached hydrogens (tertiary/aromatic N) is 2. The molecule has 1 aromatic carbocycles. The van der Waals surface area contributed by atoms with E-state index in [4.69, 9.17) is 0 Å². The second-order valence-electron chi connectivity index (χ2n) is 9.19. The number of hydrogen-bond acceptors (Lipinski definition) is 6. The van der Waals surface area contributed by atoms with Gasteiger partial charge in [-0.1, -0.05) is 0 Å². The molecule has 0 aromatic heterocycles. The molecular formula is C19H30N4O4S. The van der Waals surface area contributed by atoms with E-state index in [2.05, 4.69) is 38.3 Å². The fourth-order valence-electron chi connectivity index (χ4n) is 4.67. The van der Waals surface area contributed by atoms with E-state index in [-0.39, 0.29) is 27.7 Å². The van der Waals surface area contributed by atoms with Gasteiger partial charge < -0.3 is 10.6 Å². The molecule has 0 aliphatic carbocycles. The van der Waals surface area contributed by atoms with Crippen LogP contribution in [0.15, 0.2) is 23.1 Å². The lowest BCUT2D eigenvalue weighted by Crippen LogP contribution is -2.60. The molecule has 0 unspecified atom stereocenters. The molecule has 0 bridgehead atoms. The second kappa shape index (κ2) is 7.27. The maximum atomic E-state index is 13.2. The molecule has 3 rings (SSSR count). The smallest absolute Gasteiger partial charge is 0.270 e. The number of anilines is 1. The second-order valence-corrected chi connectivity index (χ2v) is 11.1. The van der Waals surface area contributed by atoms with Crippen LogP contribution in [0.25, 0.3) is 0 Å². The van der Waals surface area contributed by atoms with Crippen LogP contribution < -0.4 is 10.6 Å².